The number of ether oxygens (including phenoxy) is 1. The second-order valence-electron chi connectivity index (χ2n) is 7.39. The van der Waals surface area contributed by atoms with Crippen molar-refractivity contribution < 1.29 is 37.2 Å². The number of hydrogen-bond acceptors (Lipinski definition) is 12. The summed E-state index contributed by atoms with van der Waals surface area (Å²) in [6.45, 7) is 0.810. The van der Waals surface area contributed by atoms with Crippen molar-refractivity contribution in [3.8, 4) is 5.75 Å². The summed E-state index contributed by atoms with van der Waals surface area (Å²) in [6, 6.07) is 2.35. The molecule has 2 amide bonds. The molecule has 1 aromatic heterocycles. The van der Waals surface area contributed by atoms with E-state index in [1.54, 1.807) is 6.07 Å². The molecule has 0 saturated carbocycles. The average molecular weight is 542 g/mol. The number of amides is 2. The molecule has 36 heavy (non-hydrogen) atoms. The lowest BCUT2D eigenvalue weighted by atomic mass is 10.0. The summed E-state index contributed by atoms with van der Waals surface area (Å²) < 4.78 is 37.4. The third-order valence-electron chi connectivity index (χ3n) is 4.98. The van der Waals surface area contributed by atoms with Crippen molar-refractivity contribution >= 4 is 50.1 Å². The Hall–Kier alpha value is -3.80. The molecule has 1 aromatic carbocycles. The number of nitrogens with one attached hydrogen (secondary N) is 2. The number of aliphatic hydroxyl groups excluding tert-OH is 1. The van der Waals surface area contributed by atoms with E-state index in [1.807, 2.05) is 0 Å². The van der Waals surface area contributed by atoms with Crippen LogP contribution in [-0.2, 0) is 31.3 Å². The molecule has 194 valence electrons. The molecule has 1 saturated heterocycles. The zero-order chi connectivity index (χ0) is 26.6. The highest BCUT2D eigenvalue weighted by Crippen LogP contribution is 2.23. The highest BCUT2D eigenvalue weighted by atomic mass is 32.2. The number of hydrogen-bond donors (Lipinski definition) is 6. The summed E-state index contributed by atoms with van der Waals surface area (Å²) in [4.78, 5) is 34.0. The third-order valence-corrected chi connectivity index (χ3v) is 6.66. The molecule has 15 nitrogen and oxygen atoms in total. The number of nitrogen functional groups attached to an aromatic ring is 2. The fraction of sp³-hybridized carbons (Fsp3) is 0.316. The highest BCUT2D eigenvalue weighted by Gasteiger charge is 2.51. The Morgan fingerprint density at radius 3 is 2.67 bits per heavy atom. The lowest BCUT2D eigenvalue weighted by molar-refractivity contribution is -0.143. The number of nitrogens with two attached hydrogens (primary N) is 2. The van der Waals surface area contributed by atoms with E-state index in [1.165, 1.54) is 24.4 Å². The van der Waals surface area contributed by atoms with Crippen LogP contribution in [0.3, 0.4) is 0 Å². The summed E-state index contributed by atoms with van der Waals surface area (Å²) >= 11 is 1.03. The predicted molar refractivity (Wildman–Crippen MR) is 128 cm³/mol. The number of aliphatic hydroxyl groups is 1. The number of benzene rings is 1. The van der Waals surface area contributed by atoms with Gasteiger partial charge in [-0.2, -0.15) is 8.42 Å². The van der Waals surface area contributed by atoms with Gasteiger partial charge < -0.3 is 31.5 Å². The molecule has 0 radical (unpaired) electrons. The maximum atomic E-state index is 12.8. The van der Waals surface area contributed by atoms with Gasteiger partial charge in [0.2, 0.25) is 0 Å². The number of aromatic nitrogens is 1. The number of oxime groups is 1. The molecule has 0 aliphatic carbocycles. The number of carbonyl (C=O) groups is 2. The Kier molecular flexibility index (Phi) is 8.08. The number of thiazole rings is 1. The molecule has 17 heteroatoms. The van der Waals surface area contributed by atoms with Crippen LogP contribution in [0.15, 0.2) is 28.7 Å². The minimum atomic E-state index is -4.75. The van der Waals surface area contributed by atoms with Crippen LogP contribution in [0.25, 0.3) is 0 Å². The van der Waals surface area contributed by atoms with Gasteiger partial charge in [-0.25, -0.2) is 9.29 Å². The Bertz CT molecular complexity index is 1310. The summed E-state index contributed by atoms with van der Waals surface area (Å²) in [7, 11) is -4.75. The topological polar surface area (TPSA) is 244 Å². The van der Waals surface area contributed by atoms with Crippen LogP contribution in [0.5, 0.6) is 5.75 Å². The Morgan fingerprint density at radius 2 is 2.11 bits per heavy atom. The van der Waals surface area contributed by atoms with E-state index in [0.29, 0.717) is 16.9 Å². The van der Waals surface area contributed by atoms with E-state index < -0.39 is 34.2 Å². The van der Waals surface area contributed by atoms with Crippen molar-refractivity contribution in [2.45, 2.75) is 25.6 Å². The number of amidine groups is 1. The third kappa shape index (κ3) is 5.88. The second-order valence-corrected chi connectivity index (χ2v) is 9.57. The summed E-state index contributed by atoms with van der Waals surface area (Å²) in [6.07, 6.45) is 0. The molecule has 8 N–H and O–H groups in total. The van der Waals surface area contributed by atoms with Gasteiger partial charge in [0.1, 0.15) is 29.9 Å². The normalized spacial score (nSPS) is 17.9. The minimum absolute atomic E-state index is 0.0362. The van der Waals surface area contributed by atoms with Gasteiger partial charge in [0, 0.05) is 16.5 Å². The van der Waals surface area contributed by atoms with Gasteiger partial charge in [-0.3, -0.25) is 19.6 Å². The zero-order valence-electron chi connectivity index (χ0n) is 18.7. The van der Waals surface area contributed by atoms with Gasteiger partial charge >= 0.3 is 10.3 Å². The maximum Gasteiger partial charge on any atom is 0.362 e. The van der Waals surface area contributed by atoms with E-state index in [0.717, 1.165) is 11.3 Å². The van der Waals surface area contributed by atoms with Crippen LogP contribution in [-0.4, -0.2) is 76.0 Å². The molecular weight excluding hydrogens is 518 g/mol. The fourth-order valence-corrected chi connectivity index (χ4v) is 4.66. The molecular formula is C19H23N7O8S2. The van der Waals surface area contributed by atoms with Gasteiger partial charge in [0.25, 0.3) is 11.8 Å². The van der Waals surface area contributed by atoms with Crippen LogP contribution < -0.4 is 21.5 Å². The first-order valence-electron chi connectivity index (χ1n) is 10.2. The molecule has 1 fully saturated rings. The Morgan fingerprint density at radius 1 is 1.39 bits per heavy atom. The summed E-state index contributed by atoms with van der Waals surface area (Å²) in [5, 5.41) is 24.7. The number of carbonyl (C=O) groups excluding carboxylic acids is 2. The lowest BCUT2D eigenvalue weighted by Crippen LogP contribution is -2.71. The van der Waals surface area contributed by atoms with Crippen LogP contribution in [0.1, 0.15) is 23.7 Å². The quantitative estimate of drug-likeness (QED) is 0.0493. The van der Waals surface area contributed by atoms with Crippen LogP contribution >= 0.6 is 11.3 Å². The lowest BCUT2D eigenvalue weighted by Gasteiger charge is -2.42. The van der Waals surface area contributed by atoms with Gasteiger partial charge in [0.15, 0.2) is 17.5 Å². The Labute approximate surface area is 209 Å². The van der Waals surface area contributed by atoms with Gasteiger partial charge in [-0.05, 0) is 25.1 Å². The van der Waals surface area contributed by atoms with Gasteiger partial charge in [-0.1, -0.05) is 5.16 Å². The molecule has 3 rings (SSSR count). The highest BCUT2D eigenvalue weighted by molar-refractivity contribution is 7.84. The van der Waals surface area contributed by atoms with Crippen LogP contribution in [0.4, 0.5) is 5.13 Å². The summed E-state index contributed by atoms with van der Waals surface area (Å²) in [5.74, 6) is -1.73. The number of anilines is 1. The SMILES string of the molecule is CC1C(NC(=O)C(=NOCCOc2ccc(C(=N)N)cc2CO)c2csc(N)n2)C(=O)N1S(=O)(=O)O. The monoisotopic (exact) mass is 541 g/mol. The Balaban J connectivity index is 1.65. The average Bonchev–Trinajstić information content (AvgIpc) is 3.24. The summed E-state index contributed by atoms with van der Waals surface area (Å²) in [5.41, 5.74) is 11.6. The van der Waals surface area contributed by atoms with Crippen LogP contribution in [0, 0.1) is 5.41 Å². The van der Waals surface area contributed by atoms with Crippen molar-refractivity contribution in [2.75, 3.05) is 18.9 Å². The first-order valence-corrected chi connectivity index (χ1v) is 12.5. The maximum absolute atomic E-state index is 12.8. The van der Waals surface area contributed by atoms with Crippen LogP contribution in [0.2, 0.25) is 0 Å². The predicted octanol–water partition coefficient (Wildman–Crippen LogP) is -1.18. The molecule has 2 atom stereocenters. The van der Waals surface area contributed by atoms with Crippen molar-refractivity contribution in [1.29, 1.82) is 5.41 Å². The first kappa shape index (κ1) is 26.8. The van der Waals surface area contributed by atoms with Crippen molar-refractivity contribution in [2.24, 2.45) is 10.9 Å². The van der Waals surface area contributed by atoms with Gasteiger partial charge in [-0.15, -0.1) is 11.3 Å². The number of nitrogens with zero attached hydrogens (tertiary/aromatic N) is 3. The smallest absolute Gasteiger partial charge is 0.362 e. The molecule has 2 aromatic rings. The van der Waals surface area contributed by atoms with E-state index >= 15 is 0 Å². The molecule has 2 unspecified atom stereocenters. The van der Waals surface area contributed by atoms with Crippen molar-refractivity contribution in [3.63, 3.8) is 0 Å². The van der Waals surface area contributed by atoms with Crippen molar-refractivity contribution in [1.82, 2.24) is 14.6 Å². The van der Waals surface area contributed by atoms with E-state index in [-0.39, 0.29) is 46.5 Å². The molecule has 0 bridgehead atoms. The number of β-lactam (4-membered cyclic amide) rings is 1. The second kappa shape index (κ2) is 10.9. The molecule has 2 heterocycles. The fourth-order valence-electron chi connectivity index (χ4n) is 3.22. The van der Waals surface area contributed by atoms with E-state index in [4.69, 9.17) is 31.0 Å². The van der Waals surface area contributed by atoms with Gasteiger partial charge in [0.05, 0.1) is 12.6 Å². The first-order chi connectivity index (χ1) is 16.9. The van der Waals surface area contributed by atoms with E-state index in [9.17, 15) is 23.1 Å². The largest absolute Gasteiger partial charge is 0.490 e. The molecule has 0 spiro atoms. The standard InChI is InChI=1S/C19H23N7O8S2/c1-9-14(18(29)26(9)36(30,31)32)24-17(28)15(12-8-35-19(22)23-12)25-34-5-4-33-13-3-2-10(16(20)21)6-11(13)7-27/h2-3,6,8-9,14,27H,4-5,7H2,1H3,(H3,20,21)(H2,22,23)(H,24,28)(H,30,31,32). The minimum Gasteiger partial charge on any atom is -0.490 e. The van der Waals surface area contributed by atoms with Crippen molar-refractivity contribution in [3.05, 3.63) is 40.4 Å². The zero-order valence-corrected chi connectivity index (χ0v) is 20.4. The molecule has 1 aliphatic rings. The van der Waals surface area contributed by atoms with E-state index in [2.05, 4.69) is 15.5 Å². The number of rotatable bonds is 11. The molecule has 1 aliphatic heterocycles.